The molecule has 32 heavy (non-hydrogen) atoms. The zero-order valence-electron chi connectivity index (χ0n) is 18.7. The van der Waals surface area contributed by atoms with E-state index in [-0.39, 0.29) is 30.7 Å². The Morgan fingerprint density at radius 2 is 1.88 bits per heavy atom. The summed E-state index contributed by atoms with van der Waals surface area (Å²) in [6.45, 7) is 7.38. The van der Waals surface area contributed by atoms with E-state index in [1.165, 1.54) is 11.3 Å². The second-order valence-corrected chi connectivity index (χ2v) is 9.18. The van der Waals surface area contributed by atoms with Crippen molar-refractivity contribution in [3.63, 3.8) is 0 Å². The zero-order valence-corrected chi connectivity index (χ0v) is 19.5. The number of carbonyl (C=O) groups excluding carboxylic acids is 2. The molecular weight excluding hydrogens is 430 g/mol. The third-order valence-corrected chi connectivity index (χ3v) is 5.70. The molecule has 2 heterocycles. The first kappa shape index (κ1) is 23.4. The lowest BCUT2D eigenvalue weighted by Gasteiger charge is -2.15. The summed E-state index contributed by atoms with van der Waals surface area (Å²) in [4.78, 5) is 30.3. The number of nitrogens with zero attached hydrogens (tertiary/aromatic N) is 3. The van der Waals surface area contributed by atoms with Gasteiger partial charge in [0, 0.05) is 11.1 Å². The summed E-state index contributed by atoms with van der Waals surface area (Å²) in [5, 5.41) is 19.9. The van der Waals surface area contributed by atoms with Crippen LogP contribution in [-0.2, 0) is 11.3 Å². The van der Waals surface area contributed by atoms with Gasteiger partial charge in [0.25, 0.3) is 5.91 Å². The SMILES string of the molecule is COc1ccc(NC(=O)c2cc(-c3sc(NC(=O)C(C)(C)C)nc3C)n(CCO)n2)cc1. The quantitative estimate of drug-likeness (QED) is 0.499. The first-order valence-corrected chi connectivity index (χ1v) is 10.9. The number of hydrogen-bond donors (Lipinski definition) is 3. The molecule has 0 saturated heterocycles. The van der Waals surface area contributed by atoms with Gasteiger partial charge in [-0.2, -0.15) is 5.10 Å². The molecule has 1 aromatic carbocycles. The van der Waals surface area contributed by atoms with E-state index in [0.717, 1.165) is 4.88 Å². The number of hydrogen-bond acceptors (Lipinski definition) is 7. The fraction of sp³-hybridized carbons (Fsp3) is 0.364. The number of ether oxygens (including phenoxy) is 1. The molecular formula is C22H27N5O4S. The number of anilines is 2. The Kier molecular flexibility index (Phi) is 6.95. The first-order valence-electron chi connectivity index (χ1n) is 10.1. The van der Waals surface area contributed by atoms with Crippen LogP contribution in [0.1, 0.15) is 37.0 Å². The van der Waals surface area contributed by atoms with Crippen LogP contribution < -0.4 is 15.4 Å². The molecule has 10 heteroatoms. The number of aryl methyl sites for hydroxylation is 1. The Labute approximate surface area is 190 Å². The third kappa shape index (κ3) is 5.32. The van der Waals surface area contributed by atoms with Gasteiger partial charge in [-0.25, -0.2) is 4.98 Å². The van der Waals surface area contributed by atoms with Crippen molar-refractivity contribution in [1.29, 1.82) is 0 Å². The lowest BCUT2D eigenvalue weighted by atomic mass is 9.96. The van der Waals surface area contributed by atoms with Crippen molar-refractivity contribution >= 4 is 34.0 Å². The van der Waals surface area contributed by atoms with Crippen molar-refractivity contribution in [2.24, 2.45) is 5.41 Å². The van der Waals surface area contributed by atoms with Crippen LogP contribution >= 0.6 is 11.3 Å². The number of benzene rings is 1. The molecule has 0 radical (unpaired) electrons. The number of amides is 2. The molecule has 3 rings (SSSR count). The van der Waals surface area contributed by atoms with Crippen LogP contribution in [0.2, 0.25) is 0 Å². The molecule has 170 valence electrons. The van der Waals surface area contributed by atoms with Gasteiger partial charge in [-0.3, -0.25) is 14.3 Å². The lowest BCUT2D eigenvalue weighted by Crippen LogP contribution is -2.27. The second-order valence-electron chi connectivity index (χ2n) is 8.18. The maximum atomic E-state index is 12.8. The molecule has 3 aromatic rings. The van der Waals surface area contributed by atoms with Gasteiger partial charge in [-0.1, -0.05) is 32.1 Å². The third-order valence-electron chi connectivity index (χ3n) is 4.60. The van der Waals surface area contributed by atoms with E-state index in [0.29, 0.717) is 28.0 Å². The lowest BCUT2D eigenvalue weighted by molar-refractivity contribution is -0.123. The molecule has 0 aliphatic rings. The maximum absolute atomic E-state index is 12.8. The number of thiazole rings is 1. The van der Waals surface area contributed by atoms with E-state index < -0.39 is 5.41 Å². The predicted molar refractivity (Wildman–Crippen MR) is 124 cm³/mol. The average molecular weight is 458 g/mol. The van der Waals surface area contributed by atoms with E-state index in [1.54, 1.807) is 42.1 Å². The minimum absolute atomic E-state index is 0.138. The maximum Gasteiger partial charge on any atom is 0.276 e. The first-order chi connectivity index (χ1) is 15.1. The molecule has 0 spiro atoms. The minimum Gasteiger partial charge on any atom is -0.497 e. The minimum atomic E-state index is -0.550. The highest BCUT2D eigenvalue weighted by Gasteiger charge is 2.24. The van der Waals surface area contributed by atoms with Gasteiger partial charge < -0.3 is 20.5 Å². The topological polar surface area (TPSA) is 118 Å². The number of carbonyl (C=O) groups is 2. The van der Waals surface area contributed by atoms with Crippen molar-refractivity contribution in [2.75, 3.05) is 24.4 Å². The molecule has 0 atom stereocenters. The van der Waals surface area contributed by atoms with Crippen molar-refractivity contribution in [2.45, 2.75) is 34.2 Å². The molecule has 2 aromatic heterocycles. The van der Waals surface area contributed by atoms with Crippen LogP contribution in [-0.4, -0.2) is 45.4 Å². The molecule has 0 aliphatic heterocycles. The van der Waals surface area contributed by atoms with Gasteiger partial charge >= 0.3 is 0 Å². The highest BCUT2D eigenvalue weighted by atomic mass is 32.1. The molecule has 0 aliphatic carbocycles. The van der Waals surface area contributed by atoms with E-state index >= 15 is 0 Å². The van der Waals surface area contributed by atoms with Gasteiger partial charge in [-0.05, 0) is 37.3 Å². The summed E-state index contributed by atoms with van der Waals surface area (Å²) in [5.41, 5.74) is 1.60. The Balaban J connectivity index is 1.87. The normalized spacial score (nSPS) is 11.3. The highest BCUT2D eigenvalue weighted by Crippen LogP contribution is 2.34. The zero-order chi connectivity index (χ0) is 23.5. The van der Waals surface area contributed by atoms with Crippen molar-refractivity contribution in [3.05, 3.63) is 41.7 Å². The number of aliphatic hydroxyl groups is 1. The largest absolute Gasteiger partial charge is 0.497 e. The number of nitrogens with one attached hydrogen (secondary N) is 2. The fourth-order valence-electron chi connectivity index (χ4n) is 2.82. The highest BCUT2D eigenvalue weighted by molar-refractivity contribution is 7.19. The van der Waals surface area contributed by atoms with Crippen molar-refractivity contribution in [3.8, 4) is 16.3 Å². The van der Waals surface area contributed by atoms with Crippen LogP contribution in [0.5, 0.6) is 5.75 Å². The van der Waals surface area contributed by atoms with Crippen LogP contribution in [0, 0.1) is 12.3 Å². The van der Waals surface area contributed by atoms with Crippen molar-refractivity contribution in [1.82, 2.24) is 14.8 Å². The van der Waals surface area contributed by atoms with Crippen LogP contribution in [0.15, 0.2) is 30.3 Å². The molecule has 9 nitrogen and oxygen atoms in total. The van der Waals surface area contributed by atoms with E-state index in [2.05, 4.69) is 20.7 Å². The Bertz CT molecular complexity index is 1110. The Morgan fingerprint density at radius 1 is 1.19 bits per heavy atom. The molecule has 0 bridgehead atoms. The standard InChI is InChI=1S/C22H27N5O4S/c1-13-18(32-21(23-13)25-20(30)22(2,3)4)17-12-16(26-27(17)10-11-28)19(29)24-14-6-8-15(31-5)9-7-14/h6-9,12,28H,10-11H2,1-5H3,(H,24,29)(H,23,25,30). The molecule has 0 fully saturated rings. The van der Waals surface area contributed by atoms with E-state index in [4.69, 9.17) is 4.74 Å². The van der Waals surface area contributed by atoms with E-state index in [1.807, 2.05) is 27.7 Å². The summed E-state index contributed by atoms with van der Waals surface area (Å²) in [7, 11) is 1.57. The fourth-order valence-corrected chi connectivity index (χ4v) is 3.80. The van der Waals surface area contributed by atoms with Crippen LogP contribution in [0.3, 0.4) is 0 Å². The Hall–Kier alpha value is -3.24. The smallest absolute Gasteiger partial charge is 0.276 e. The summed E-state index contributed by atoms with van der Waals surface area (Å²) < 4.78 is 6.69. The summed E-state index contributed by atoms with van der Waals surface area (Å²) >= 11 is 1.30. The Morgan fingerprint density at radius 3 is 2.47 bits per heavy atom. The van der Waals surface area contributed by atoms with Crippen LogP contribution in [0.25, 0.3) is 10.6 Å². The second kappa shape index (κ2) is 9.49. The van der Waals surface area contributed by atoms with Crippen LogP contribution in [0.4, 0.5) is 10.8 Å². The summed E-state index contributed by atoms with van der Waals surface area (Å²) in [6, 6.07) is 8.63. The predicted octanol–water partition coefficient (Wildman–Crippen LogP) is 3.55. The molecule has 0 unspecified atom stereocenters. The number of methoxy groups -OCH3 is 1. The molecule has 3 N–H and O–H groups in total. The number of aliphatic hydroxyl groups excluding tert-OH is 1. The van der Waals surface area contributed by atoms with Crippen molar-refractivity contribution < 1.29 is 19.4 Å². The number of rotatable bonds is 7. The summed E-state index contributed by atoms with van der Waals surface area (Å²) in [5.74, 6) is 0.172. The van der Waals surface area contributed by atoms with E-state index in [9.17, 15) is 14.7 Å². The monoisotopic (exact) mass is 457 g/mol. The average Bonchev–Trinajstić information content (AvgIpc) is 3.31. The number of aromatic nitrogens is 3. The van der Waals surface area contributed by atoms with Gasteiger partial charge in [0.2, 0.25) is 5.91 Å². The van der Waals surface area contributed by atoms with Gasteiger partial charge in [-0.15, -0.1) is 0 Å². The molecule has 2 amide bonds. The van der Waals surface area contributed by atoms with Gasteiger partial charge in [0.1, 0.15) is 5.75 Å². The van der Waals surface area contributed by atoms with Gasteiger partial charge in [0.05, 0.1) is 36.5 Å². The van der Waals surface area contributed by atoms with Gasteiger partial charge in [0.15, 0.2) is 10.8 Å². The molecule has 0 saturated carbocycles. The summed E-state index contributed by atoms with van der Waals surface area (Å²) in [6.07, 6.45) is 0.